The minimum atomic E-state index is -0.288. The van der Waals surface area contributed by atoms with E-state index in [1.807, 2.05) is 63.2 Å². The summed E-state index contributed by atoms with van der Waals surface area (Å²) < 4.78 is 0. The molecule has 1 saturated heterocycles. The molecule has 0 radical (unpaired) electrons. The predicted molar refractivity (Wildman–Crippen MR) is 100 cm³/mol. The maximum atomic E-state index is 12.3. The Balaban J connectivity index is 1.61. The molecule has 130 valence electrons. The number of aryl methyl sites for hydroxylation is 3. The van der Waals surface area contributed by atoms with Gasteiger partial charge in [0.15, 0.2) is 0 Å². The maximum absolute atomic E-state index is 12.3. The maximum Gasteiger partial charge on any atom is 0.319 e. The van der Waals surface area contributed by atoms with Crippen molar-refractivity contribution in [3.63, 3.8) is 0 Å². The van der Waals surface area contributed by atoms with Crippen LogP contribution in [-0.2, 0) is 4.79 Å². The summed E-state index contributed by atoms with van der Waals surface area (Å²) in [6.07, 6.45) is 0.314. The van der Waals surface area contributed by atoms with Gasteiger partial charge in [0.2, 0.25) is 5.91 Å². The fourth-order valence-electron chi connectivity index (χ4n) is 2.94. The average molecular weight is 337 g/mol. The van der Waals surface area contributed by atoms with Crippen molar-refractivity contribution >= 4 is 23.3 Å². The Morgan fingerprint density at radius 2 is 1.76 bits per heavy atom. The lowest BCUT2D eigenvalue weighted by Gasteiger charge is -2.18. The molecule has 25 heavy (non-hydrogen) atoms. The van der Waals surface area contributed by atoms with Gasteiger partial charge in [-0.25, -0.2) is 4.79 Å². The fourth-order valence-corrected chi connectivity index (χ4v) is 2.94. The molecule has 2 aromatic carbocycles. The van der Waals surface area contributed by atoms with Gasteiger partial charge in [-0.15, -0.1) is 0 Å². The number of carbonyl (C=O) groups excluding carboxylic acids is 2. The summed E-state index contributed by atoms with van der Waals surface area (Å²) in [6, 6.07) is 13.1. The van der Waals surface area contributed by atoms with E-state index in [-0.39, 0.29) is 18.0 Å². The van der Waals surface area contributed by atoms with E-state index in [2.05, 4.69) is 10.6 Å². The lowest BCUT2D eigenvalue weighted by molar-refractivity contribution is -0.117. The second-order valence-corrected chi connectivity index (χ2v) is 6.64. The molecule has 5 heteroatoms. The highest BCUT2D eigenvalue weighted by Gasteiger charge is 2.31. The summed E-state index contributed by atoms with van der Waals surface area (Å²) in [7, 11) is 0. The third-order valence-electron chi connectivity index (χ3n) is 4.57. The Hall–Kier alpha value is -2.82. The van der Waals surface area contributed by atoms with Crippen LogP contribution in [0.4, 0.5) is 16.2 Å². The summed E-state index contributed by atoms with van der Waals surface area (Å²) in [5, 5.41) is 5.69. The largest absolute Gasteiger partial charge is 0.333 e. The zero-order valence-electron chi connectivity index (χ0n) is 14.8. The summed E-state index contributed by atoms with van der Waals surface area (Å²) in [6.45, 7) is 6.56. The Morgan fingerprint density at radius 3 is 2.44 bits per heavy atom. The minimum absolute atomic E-state index is 0.0314. The number of hydrogen-bond acceptors (Lipinski definition) is 2. The first-order valence-electron chi connectivity index (χ1n) is 8.44. The molecule has 1 aliphatic rings. The first-order chi connectivity index (χ1) is 11.9. The van der Waals surface area contributed by atoms with E-state index < -0.39 is 0 Å². The molecule has 0 spiro atoms. The van der Waals surface area contributed by atoms with Crippen molar-refractivity contribution in [2.75, 3.05) is 16.8 Å². The van der Waals surface area contributed by atoms with Gasteiger partial charge in [0.05, 0.1) is 6.04 Å². The number of carbonyl (C=O) groups is 2. The molecule has 1 fully saturated rings. The zero-order valence-corrected chi connectivity index (χ0v) is 14.8. The number of rotatable bonds is 3. The minimum Gasteiger partial charge on any atom is -0.333 e. The van der Waals surface area contributed by atoms with Gasteiger partial charge in [-0.2, -0.15) is 0 Å². The van der Waals surface area contributed by atoms with E-state index in [1.54, 1.807) is 4.90 Å². The molecule has 2 aromatic rings. The molecular weight excluding hydrogens is 314 g/mol. The van der Waals surface area contributed by atoms with E-state index >= 15 is 0 Å². The Kier molecular flexibility index (Phi) is 4.74. The first-order valence-corrected chi connectivity index (χ1v) is 8.44. The molecule has 1 aliphatic heterocycles. The summed E-state index contributed by atoms with van der Waals surface area (Å²) >= 11 is 0. The van der Waals surface area contributed by atoms with Gasteiger partial charge in [0.1, 0.15) is 0 Å². The molecule has 0 bridgehead atoms. The average Bonchev–Trinajstić information content (AvgIpc) is 2.92. The second kappa shape index (κ2) is 6.97. The van der Waals surface area contributed by atoms with Gasteiger partial charge in [-0.1, -0.05) is 23.8 Å². The van der Waals surface area contributed by atoms with Crippen LogP contribution in [0.3, 0.4) is 0 Å². The van der Waals surface area contributed by atoms with Crippen LogP contribution < -0.4 is 15.5 Å². The highest BCUT2D eigenvalue weighted by molar-refractivity contribution is 5.97. The standard InChI is InChI=1S/C20H23N3O2/c1-13-4-7-16(8-5-13)21-20(25)22-17-11-19(24)23(12-17)18-9-6-14(2)15(3)10-18/h4-10,17H,11-12H2,1-3H3,(H2,21,22,25)/t17-/m1/s1. The molecule has 5 nitrogen and oxygen atoms in total. The lowest BCUT2D eigenvalue weighted by Crippen LogP contribution is -2.39. The topological polar surface area (TPSA) is 61.4 Å². The van der Waals surface area contributed by atoms with Crippen LogP contribution >= 0.6 is 0 Å². The number of anilines is 2. The normalized spacial score (nSPS) is 16.8. The van der Waals surface area contributed by atoms with Gasteiger partial charge in [-0.3, -0.25) is 4.79 Å². The molecule has 0 aromatic heterocycles. The summed E-state index contributed by atoms with van der Waals surface area (Å²) in [4.78, 5) is 26.2. The van der Waals surface area contributed by atoms with Gasteiger partial charge < -0.3 is 15.5 Å². The zero-order chi connectivity index (χ0) is 18.0. The summed E-state index contributed by atoms with van der Waals surface area (Å²) in [5.41, 5.74) is 5.10. The molecule has 2 N–H and O–H groups in total. The monoisotopic (exact) mass is 337 g/mol. The van der Waals surface area contributed by atoms with E-state index in [4.69, 9.17) is 0 Å². The molecular formula is C20H23N3O2. The third kappa shape index (κ3) is 3.99. The Bertz CT molecular complexity index is 799. The third-order valence-corrected chi connectivity index (χ3v) is 4.57. The number of nitrogens with one attached hydrogen (secondary N) is 2. The molecule has 1 heterocycles. The SMILES string of the molecule is Cc1ccc(NC(=O)N[C@@H]2CC(=O)N(c3ccc(C)c(C)c3)C2)cc1. The number of hydrogen-bond donors (Lipinski definition) is 2. The highest BCUT2D eigenvalue weighted by atomic mass is 16.2. The van der Waals surface area contributed by atoms with Crippen molar-refractivity contribution in [1.82, 2.24) is 5.32 Å². The molecule has 0 aliphatic carbocycles. The lowest BCUT2D eigenvalue weighted by atomic mass is 10.1. The van der Waals surface area contributed by atoms with Crippen molar-refractivity contribution in [3.8, 4) is 0 Å². The number of nitrogens with zero attached hydrogens (tertiary/aromatic N) is 1. The molecule has 3 amide bonds. The van der Waals surface area contributed by atoms with Crippen LogP contribution in [0, 0.1) is 20.8 Å². The molecule has 0 saturated carbocycles. The number of amides is 3. The van der Waals surface area contributed by atoms with E-state index in [0.717, 1.165) is 22.5 Å². The van der Waals surface area contributed by atoms with Gasteiger partial charge in [0, 0.05) is 24.3 Å². The highest BCUT2D eigenvalue weighted by Crippen LogP contribution is 2.24. The first kappa shape index (κ1) is 17.0. The van der Waals surface area contributed by atoms with Crippen molar-refractivity contribution in [2.45, 2.75) is 33.2 Å². The molecule has 0 unspecified atom stereocenters. The van der Waals surface area contributed by atoms with Crippen LogP contribution in [0.1, 0.15) is 23.1 Å². The van der Waals surface area contributed by atoms with Crippen LogP contribution in [0.25, 0.3) is 0 Å². The van der Waals surface area contributed by atoms with Gasteiger partial charge in [-0.05, 0) is 56.2 Å². The van der Waals surface area contributed by atoms with Crippen molar-refractivity contribution in [2.24, 2.45) is 0 Å². The molecule has 1 atom stereocenters. The number of benzene rings is 2. The van der Waals surface area contributed by atoms with Gasteiger partial charge in [0.25, 0.3) is 0 Å². The van der Waals surface area contributed by atoms with E-state index in [0.29, 0.717) is 13.0 Å². The van der Waals surface area contributed by atoms with E-state index in [9.17, 15) is 9.59 Å². The Labute approximate surface area is 148 Å². The number of urea groups is 1. The smallest absolute Gasteiger partial charge is 0.319 e. The van der Waals surface area contributed by atoms with Crippen LogP contribution in [0.15, 0.2) is 42.5 Å². The van der Waals surface area contributed by atoms with Crippen molar-refractivity contribution in [3.05, 3.63) is 59.2 Å². The van der Waals surface area contributed by atoms with Crippen molar-refractivity contribution in [1.29, 1.82) is 0 Å². The van der Waals surface area contributed by atoms with Crippen LogP contribution in [0.5, 0.6) is 0 Å². The second-order valence-electron chi connectivity index (χ2n) is 6.64. The van der Waals surface area contributed by atoms with Gasteiger partial charge >= 0.3 is 6.03 Å². The molecule has 3 rings (SSSR count). The predicted octanol–water partition coefficient (Wildman–Crippen LogP) is 3.54. The van der Waals surface area contributed by atoms with E-state index in [1.165, 1.54) is 5.56 Å². The van der Waals surface area contributed by atoms with Crippen molar-refractivity contribution < 1.29 is 9.59 Å². The quantitative estimate of drug-likeness (QED) is 0.900. The summed E-state index contributed by atoms with van der Waals surface area (Å²) in [5.74, 6) is 0.0314. The Morgan fingerprint density at radius 1 is 1.04 bits per heavy atom. The van der Waals surface area contributed by atoms with Crippen LogP contribution in [-0.4, -0.2) is 24.5 Å². The fraction of sp³-hybridized carbons (Fsp3) is 0.300. The van der Waals surface area contributed by atoms with Crippen LogP contribution in [0.2, 0.25) is 0 Å².